The highest BCUT2D eigenvalue weighted by molar-refractivity contribution is 5.98. The number of carbonyl (C=O) groups excluding carboxylic acids is 3. The smallest absolute Gasteiger partial charge is 0.418 e. The highest BCUT2D eigenvalue weighted by Crippen LogP contribution is 2.29. The predicted octanol–water partition coefficient (Wildman–Crippen LogP) is 4.80. The number of para-hydroxylation sites is 1. The fourth-order valence-electron chi connectivity index (χ4n) is 3.87. The molecule has 0 saturated heterocycles. The highest BCUT2D eigenvalue weighted by Gasteiger charge is 2.40. The average Bonchev–Trinajstić information content (AvgIpc) is 3.25. The Morgan fingerprint density at radius 1 is 1.00 bits per heavy atom. The fraction of sp³-hybridized carbons (Fsp3) is 0.423. The second kappa shape index (κ2) is 10.5. The molecule has 2 amide bonds. The van der Waals surface area contributed by atoms with Crippen molar-refractivity contribution in [2.45, 2.75) is 70.6 Å². The number of hydrogen-bond donors (Lipinski definition) is 1. The van der Waals surface area contributed by atoms with Crippen LogP contribution >= 0.6 is 0 Å². The molecule has 1 saturated carbocycles. The zero-order valence-corrected chi connectivity index (χ0v) is 19.5. The Morgan fingerprint density at radius 3 is 2.21 bits per heavy atom. The van der Waals surface area contributed by atoms with Crippen LogP contribution < -0.4 is 5.73 Å². The molecule has 2 N–H and O–H groups in total. The van der Waals surface area contributed by atoms with Crippen LogP contribution in [-0.4, -0.2) is 34.6 Å². The maximum atomic E-state index is 13.5. The molecule has 2 aromatic rings. The number of benzene rings is 2. The lowest BCUT2D eigenvalue weighted by Gasteiger charge is -2.32. The summed E-state index contributed by atoms with van der Waals surface area (Å²) in [7, 11) is 0. The molecule has 1 aliphatic carbocycles. The number of anilines is 1. The van der Waals surface area contributed by atoms with E-state index in [9.17, 15) is 14.4 Å². The van der Waals surface area contributed by atoms with E-state index in [0.29, 0.717) is 16.8 Å². The number of nitrogen functional groups attached to an aromatic ring is 1. The molecule has 0 spiro atoms. The van der Waals surface area contributed by atoms with Crippen LogP contribution in [0.1, 0.15) is 63.6 Å². The lowest BCUT2D eigenvalue weighted by atomic mass is 10.0. The minimum Gasteiger partial charge on any atom is -0.461 e. The van der Waals surface area contributed by atoms with Crippen molar-refractivity contribution >= 4 is 23.7 Å². The van der Waals surface area contributed by atoms with Gasteiger partial charge in [0.2, 0.25) is 5.91 Å². The summed E-state index contributed by atoms with van der Waals surface area (Å²) >= 11 is 0. The van der Waals surface area contributed by atoms with Gasteiger partial charge in [-0.3, -0.25) is 4.79 Å². The molecule has 2 aromatic carbocycles. The molecule has 0 aromatic heterocycles. The standard InChI is InChI=1S/C26H32N2O5/c1-26(2,3)33-25(31)28(22(29)17-19-13-7-10-16-21(19)27)23(18-11-5-4-6-12-18)24(30)32-20-14-8-9-15-20/h4-7,10-13,16,20,23H,8-9,14-15,17,27H2,1-3H3/t23-/m0/s1. The van der Waals surface area contributed by atoms with Crippen molar-refractivity contribution < 1.29 is 23.9 Å². The van der Waals surface area contributed by atoms with Gasteiger partial charge in [-0.1, -0.05) is 48.5 Å². The Bertz CT molecular complexity index is 978. The first-order chi connectivity index (χ1) is 15.7. The minimum absolute atomic E-state index is 0.161. The van der Waals surface area contributed by atoms with Crippen molar-refractivity contribution in [2.75, 3.05) is 5.73 Å². The quantitative estimate of drug-likeness (QED) is 0.499. The Hall–Kier alpha value is -3.35. The molecule has 176 valence electrons. The van der Waals surface area contributed by atoms with Gasteiger partial charge >= 0.3 is 12.1 Å². The maximum absolute atomic E-state index is 13.5. The van der Waals surface area contributed by atoms with Gasteiger partial charge in [0, 0.05) is 5.69 Å². The number of amides is 2. The summed E-state index contributed by atoms with van der Waals surface area (Å²) in [5, 5.41) is 0. The van der Waals surface area contributed by atoms with Crippen molar-refractivity contribution in [2.24, 2.45) is 0 Å². The topological polar surface area (TPSA) is 98.9 Å². The molecule has 3 rings (SSSR count). The first-order valence-corrected chi connectivity index (χ1v) is 11.3. The van der Waals surface area contributed by atoms with Crippen molar-refractivity contribution in [3.63, 3.8) is 0 Å². The Balaban J connectivity index is 2.00. The molecule has 0 aliphatic heterocycles. The van der Waals surface area contributed by atoms with Crippen LogP contribution in [0.15, 0.2) is 54.6 Å². The normalized spacial score (nSPS) is 15.0. The summed E-state index contributed by atoms with van der Waals surface area (Å²) in [6, 6.07) is 14.4. The lowest BCUT2D eigenvalue weighted by Crippen LogP contribution is -2.47. The summed E-state index contributed by atoms with van der Waals surface area (Å²) in [6.45, 7) is 5.12. The lowest BCUT2D eigenvalue weighted by molar-refractivity contribution is -0.159. The number of ether oxygens (including phenoxy) is 2. The van der Waals surface area contributed by atoms with Crippen molar-refractivity contribution in [3.8, 4) is 0 Å². The van der Waals surface area contributed by atoms with Gasteiger partial charge in [-0.15, -0.1) is 0 Å². The number of rotatable bonds is 6. The van der Waals surface area contributed by atoms with Crippen LogP contribution in [0.4, 0.5) is 10.5 Å². The van der Waals surface area contributed by atoms with Gasteiger partial charge in [-0.2, -0.15) is 0 Å². The summed E-state index contributed by atoms with van der Waals surface area (Å²) in [6.07, 6.45) is 2.23. The number of esters is 1. The summed E-state index contributed by atoms with van der Waals surface area (Å²) < 4.78 is 11.3. The van der Waals surface area contributed by atoms with Gasteiger partial charge in [-0.25, -0.2) is 14.5 Å². The molecule has 33 heavy (non-hydrogen) atoms. The van der Waals surface area contributed by atoms with Crippen LogP contribution in [0.25, 0.3) is 0 Å². The number of hydrogen-bond acceptors (Lipinski definition) is 6. The van der Waals surface area contributed by atoms with E-state index in [1.165, 1.54) is 0 Å². The SMILES string of the molecule is CC(C)(C)OC(=O)N(C(=O)Cc1ccccc1N)[C@H](C(=O)OC1CCCC1)c1ccccc1. The van der Waals surface area contributed by atoms with E-state index in [-0.39, 0.29) is 12.5 Å². The number of carbonyl (C=O) groups is 3. The summed E-state index contributed by atoms with van der Waals surface area (Å²) in [5.74, 6) is -1.24. The van der Waals surface area contributed by atoms with Gasteiger partial charge < -0.3 is 15.2 Å². The zero-order chi connectivity index (χ0) is 24.0. The third-order valence-electron chi connectivity index (χ3n) is 5.44. The van der Waals surface area contributed by atoms with Crippen LogP contribution in [0, 0.1) is 0 Å². The number of nitrogens with zero attached hydrogens (tertiary/aromatic N) is 1. The zero-order valence-electron chi connectivity index (χ0n) is 19.5. The Kier molecular flexibility index (Phi) is 7.74. The molecule has 1 fully saturated rings. The van der Waals surface area contributed by atoms with Crippen LogP contribution in [0.3, 0.4) is 0 Å². The van der Waals surface area contributed by atoms with Crippen LogP contribution in [0.2, 0.25) is 0 Å². The van der Waals surface area contributed by atoms with Crippen LogP contribution in [0.5, 0.6) is 0 Å². The Morgan fingerprint density at radius 2 is 1.61 bits per heavy atom. The van der Waals surface area contributed by atoms with Crippen LogP contribution in [-0.2, 0) is 25.5 Å². The monoisotopic (exact) mass is 452 g/mol. The van der Waals surface area contributed by atoms with Gasteiger partial charge in [0.25, 0.3) is 0 Å². The van der Waals surface area contributed by atoms with E-state index in [2.05, 4.69) is 0 Å². The molecule has 0 bridgehead atoms. The third kappa shape index (κ3) is 6.57. The molecular formula is C26H32N2O5. The van der Waals surface area contributed by atoms with Gasteiger partial charge in [0.15, 0.2) is 6.04 Å². The molecule has 0 radical (unpaired) electrons. The fourth-order valence-corrected chi connectivity index (χ4v) is 3.87. The predicted molar refractivity (Wildman–Crippen MR) is 125 cm³/mol. The van der Waals surface area contributed by atoms with Gasteiger partial charge in [0.05, 0.1) is 6.42 Å². The second-order valence-corrected chi connectivity index (χ2v) is 9.28. The summed E-state index contributed by atoms with van der Waals surface area (Å²) in [5.41, 5.74) is 6.63. The maximum Gasteiger partial charge on any atom is 0.418 e. The van der Waals surface area contributed by atoms with E-state index in [1.54, 1.807) is 75.4 Å². The molecule has 0 heterocycles. The van der Waals surface area contributed by atoms with E-state index < -0.39 is 29.6 Å². The first kappa shape index (κ1) is 24.3. The highest BCUT2D eigenvalue weighted by atomic mass is 16.6. The van der Waals surface area contributed by atoms with E-state index in [0.717, 1.165) is 30.6 Å². The van der Waals surface area contributed by atoms with Gasteiger partial charge in [-0.05, 0) is 63.6 Å². The molecule has 1 aliphatic rings. The number of imide groups is 1. The van der Waals surface area contributed by atoms with Gasteiger partial charge in [0.1, 0.15) is 11.7 Å². The first-order valence-electron chi connectivity index (χ1n) is 11.3. The largest absolute Gasteiger partial charge is 0.461 e. The molecule has 7 nitrogen and oxygen atoms in total. The van der Waals surface area contributed by atoms with Crippen molar-refractivity contribution in [3.05, 3.63) is 65.7 Å². The molecular weight excluding hydrogens is 420 g/mol. The molecule has 0 unspecified atom stereocenters. The van der Waals surface area contributed by atoms with Crippen molar-refractivity contribution in [1.29, 1.82) is 0 Å². The summed E-state index contributed by atoms with van der Waals surface area (Å²) in [4.78, 5) is 41.1. The number of nitrogens with two attached hydrogens (primary N) is 1. The van der Waals surface area contributed by atoms with E-state index >= 15 is 0 Å². The third-order valence-corrected chi connectivity index (χ3v) is 5.44. The average molecular weight is 453 g/mol. The van der Waals surface area contributed by atoms with E-state index in [1.807, 2.05) is 0 Å². The molecule has 1 atom stereocenters. The Labute approximate surface area is 194 Å². The minimum atomic E-state index is -1.26. The molecule has 7 heteroatoms. The second-order valence-electron chi connectivity index (χ2n) is 9.28. The van der Waals surface area contributed by atoms with Crippen molar-refractivity contribution in [1.82, 2.24) is 4.90 Å². The van der Waals surface area contributed by atoms with E-state index in [4.69, 9.17) is 15.2 Å².